The van der Waals surface area contributed by atoms with Crippen LogP contribution in [-0.4, -0.2) is 19.3 Å². The molecule has 0 rings (SSSR count). The van der Waals surface area contributed by atoms with Crippen molar-refractivity contribution in [1.29, 1.82) is 0 Å². The van der Waals surface area contributed by atoms with E-state index in [0.717, 1.165) is 32.5 Å². The van der Waals surface area contributed by atoms with Crippen LogP contribution in [0.5, 0.6) is 0 Å². The quantitative estimate of drug-likeness (QED) is 0.346. The van der Waals surface area contributed by atoms with Gasteiger partial charge in [-0.05, 0) is 12.3 Å². The fraction of sp³-hybridized carbons (Fsp3) is 1.00. The minimum absolute atomic E-state index is 0.307. The molecule has 0 heterocycles. The first-order chi connectivity index (χ1) is 6.29. The van der Waals surface area contributed by atoms with Gasteiger partial charge in [-0.3, -0.25) is 11.3 Å². The molecule has 0 radical (unpaired) electrons. The van der Waals surface area contributed by atoms with Gasteiger partial charge in [0, 0.05) is 12.6 Å². The standard InChI is InChI=1S/C10H24N2O/c1-4-7-13-8-10(12-11)9(5-2)6-3/h9-10,12H,4-8,11H2,1-3H3. The molecule has 0 amide bonds. The Morgan fingerprint density at radius 2 is 1.85 bits per heavy atom. The van der Waals surface area contributed by atoms with E-state index in [2.05, 4.69) is 26.2 Å². The molecular formula is C10H24N2O. The zero-order valence-electron chi connectivity index (χ0n) is 9.18. The third-order valence-corrected chi connectivity index (χ3v) is 2.48. The zero-order chi connectivity index (χ0) is 10.1. The SMILES string of the molecule is CCCOCC(NN)C(CC)CC. The Morgan fingerprint density at radius 1 is 1.23 bits per heavy atom. The fourth-order valence-electron chi connectivity index (χ4n) is 1.53. The molecule has 0 aliphatic carbocycles. The lowest BCUT2D eigenvalue weighted by atomic mass is 9.95. The van der Waals surface area contributed by atoms with E-state index in [4.69, 9.17) is 10.6 Å². The molecule has 3 nitrogen and oxygen atoms in total. The number of rotatable bonds is 8. The number of hydrogen-bond acceptors (Lipinski definition) is 3. The van der Waals surface area contributed by atoms with Crippen molar-refractivity contribution in [3.05, 3.63) is 0 Å². The van der Waals surface area contributed by atoms with Crippen LogP contribution in [0.3, 0.4) is 0 Å². The Hall–Kier alpha value is -0.120. The average molecular weight is 188 g/mol. The molecule has 13 heavy (non-hydrogen) atoms. The van der Waals surface area contributed by atoms with Crippen molar-refractivity contribution >= 4 is 0 Å². The highest BCUT2D eigenvalue weighted by atomic mass is 16.5. The molecule has 0 aromatic rings. The lowest BCUT2D eigenvalue weighted by Crippen LogP contribution is -2.44. The zero-order valence-corrected chi connectivity index (χ0v) is 9.18. The molecule has 0 aliphatic rings. The first kappa shape index (κ1) is 12.9. The van der Waals surface area contributed by atoms with Crippen molar-refractivity contribution in [3.63, 3.8) is 0 Å². The Morgan fingerprint density at radius 3 is 2.23 bits per heavy atom. The minimum Gasteiger partial charge on any atom is -0.380 e. The molecule has 3 N–H and O–H groups in total. The van der Waals surface area contributed by atoms with E-state index in [1.54, 1.807) is 0 Å². The summed E-state index contributed by atoms with van der Waals surface area (Å²) in [7, 11) is 0. The van der Waals surface area contributed by atoms with Gasteiger partial charge in [0.1, 0.15) is 0 Å². The van der Waals surface area contributed by atoms with E-state index in [1.807, 2.05) is 0 Å². The van der Waals surface area contributed by atoms with Gasteiger partial charge in [-0.15, -0.1) is 0 Å². The van der Waals surface area contributed by atoms with Gasteiger partial charge in [0.05, 0.1) is 6.61 Å². The molecule has 3 heteroatoms. The van der Waals surface area contributed by atoms with Crippen LogP contribution in [0.1, 0.15) is 40.0 Å². The molecule has 0 aromatic heterocycles. The number of nitrogens with two attached hydrogens (primary N) is 1. The molecular weight excluding hydrogens is 164 g/mol. The summed E-state index contributed by atoms with van der Waals surface area (Å²) in [5.74, 6) is 6.10. The normalized spacial score (nSPS) is 13.6. The maximum atomic E-state index is 5.48. The Kier molecular flexibility index (Phi) is 8.40. The van der Waals surface area contributed by atoms with Crippen LogP contribution in [0, 0.1) is 5.92 Å². The molecule has 1 atom stereocenters. The summed E-state index contributed by atoms with van der Waals surface area (Å²) in [5, 5.41) is 0. The number of ether oxygens (including phenoxy) is 1. The molecule has 0 spiro atoms. The molecule has 0 aliphatic heterocycles. The monoisotopic (exact) mass is 188 g/mol. The number of nitrogens with one attached hydrogen (secondary N) is 1. The number of hydrogen-bond donors (Lipinski definition) is 2. The summed E-state index contributed by atoms with van der Waals surface area (Å²) in [6.07, 6.45) is 3.38. The highest BCUT2D eigenvalue weighted by Crippen LogP contribution is 2.12. The molecule has 1 unspecified atom stereocenters. The number of hydrazine groups is 1. The van der Waals surface area contributed by atoms with Crippen molar-refractivity contribution in [2.75, 3.05) is 13.2 Å². The van der Waals surface area contributed by atoms with Crippen LogP contribution in [0.25, 0.3) is 0 Å². The van der Waals surface area contributed by atoms with E-state index in [-0.39, 0.29) is 0 Å². The van der Waals surface area contributed by atoms with Gasteiger partial charge in [0.25, 0.3) is 0 Å². The second-order valence-corrected chi connectivity index (χ2v) is 3.42. The lowest BCUT2D eigenvalue weighted by molar-refractivity contribution is 0.0914. The Bertz CT molecular complexity index is 105. The van der Waals surface area contributed by atoms with Gasteiger partial charge in [-0.25, -0.2) is 0 Å². The van der Waals surface area contributed by atoms with Crippen molar-refractivity contribution < 1.29 is 4.74 Å². The summed E-state index contributed by atoms with van der Waals surface area (Å²) in [6.45, 7) is 8.06. The molecule has 0 fully saturated rings. The van der Waals surface area contributed by atoms with Gasteiger partial charge in [0.15, 0.2) is 0 Å². The fourth-order valence-corrected chi connectivity index (χ4v) is 1.53. The van der Waals surface area contributed by atoms with Crippen LogP contribution in [0.2, 0.25) is 0 Å². The Balaban J connectivity index is 3.71. The van der Waals surface area contributed by atoms with Crippen LogP contribution in [0.15, 0.2) is 0 Å². The second-order valence-electron chi connectivity index (χ2n) is 3.42. The predicted octanol–water partition coefficient (Wildman–Crippen LogP) is 1.68. The van der Waals surface area contributed by atoms with E-state index in [1.165, 1.54) is 0 Å². The van der Waals surface area contributed by atoms with Gasteiger partial charge in [-0.2, -0.15) is 0 Å². The molecule has 0 saturated carbocycles. The van der Waals surface area contributed by atoms with Crippen LogP contribution < -0.4 is 11.3 Å². The molecule has 0 saturated heterocycles. The molecule has 0 bridgehead atoms. The third-order valence-electron chi connectivity index (χ3n) is 2.48. The smallest absolute Gasteiger partial charge is 0.0635 e. The highest BCUT2D eigenvalue weighted by Gasteiger charge is 2.16. The van der Waals surface area contributed by atoms with Crippen molar-refractivity contribution in [2.24, 2.45) is 11.8 Å². The summed E-state index contributed by atoms with van der Waals surface area (Å²) in [4.78, 5) is 0. The van der Waals surface area contributed by atoms with Crippen LogP contribution >= 0.6 is 0 Å². The van der Waals surface area contributed by atoms with Crippen molar-refractivity contribution in [2.45, 2.75) is 46.1 Å². The van der Waals surface area contributed by atoms with E-state index < -0.39 is 0 Å². The second kappa shape index (κ2) is 8.48. The first-order valence-electron chi connectivity index (χ1n) is 5.33. The van der Waals surface area contributed by atoms with E-state index >= 15 is 0 Å². The molecule has 80 valence electrons. The van der Waals surface area contributed by atoms with Gasteiger partial charge in [-0.1, -0.05) is 33.6 Å². The van der Waals surface area contributed by atoms with Gasteiger partial charge in [0.2, 0.25) is 0 Å². The maximum absolute atomic E-state index is 5.48. The predicted molar refractivity (Wildman–Crippen MR) is 56.3 cm³/mol. The topological polar surface area (TPSA) is 47.3 Å². The third kappa shape index (κ3) is 5.24. The van der Waals surface area contributed by atoms with Crippen LogP contribution in [-0.2, 0) is 4.74 Å². The van der Waals surface area contributed by atoms with Gasteiger partial charge < -0.3 is 4.74 Å². The average Bonchev–Trinajstić information content (AvgIpc) is 2.17. The lowest BCUT2D eigenvalue weighted by Gasteiger charge is -2.24. The van der Waals surface area contributed by atoms with Crippen molar-refractivity contribution in [3.8, 4) is 0 Å². The Labute approximate surface area is 82.0 Å². The van der Waals surface area contributed by atoms with Gasteiger partial charge >= 0.3 is 0 Å². The summed E-state index contributed by atoms with van der Waals surface area (Å²) < 4.78 is 5.48. The first-order valence-corrected chi connectivity index (χ1v) is 5.33. The maximum Gasteiger partial charge on any atom is 0.0635 e. The molecule has 0 aromatic carbocycles. The summed E-state index contributed by atoms with van der Waals surface area (Å²) in [6, 6.07) is 0.307. The van der Waals surface area contributed by atoms with E-state index in [0.29, 0.717) is 12.0 Å². The summed E-state index contributed by atoms with van der Waals surface area (Å²) in [5.41, 5.74) is 2.84. The van der Waals surface area contributed by atoms with Crippen molar-refractivity contribution in [1.82, 2.24) is 5.43 Å². The minimum atomic E-state index is 0.307. The largest absolute Gasteiger partial charge is 0.380 e. The highest BCUT2D eigenvalue weighted by molar-refractivity contribution is 4.71. The van der Waals surface area contributed by atoms with E-state index in [9.17, 15) is 0 Å². The summed E-state index contributed by atoms with van der Waals surface area (Å²) >= 11 is 0. The van der Waals surface area contributed by atoms with Crippen LogP contribution in [0.4, 0.5) is 0 Å².